The minimum Gasteiger partial charge on any atom is -0.448 e. The third kappa shape index (κ3) is 3.61. The number of aromatic nitrogens is 1. The maximum Gasteiger partial charge on any atom is 0.404 e. The largest absolute Gasteiger partial charge is 0.448 e. The Kier molecular flexibility index (Phi) is 4.18. The van der Waals surface area contributed by atoms with E-state index in [0.717, 1.165) is 10.2 Å². The summed E-state index contributed by atoms with van der Waals surface area (Å²) in [5.41, 5.74) is 5.69. The fourth-order valence-corrected chi connectivity index (χ4v) is 1.25. The molecule has 6 heteroatoms. The zero-order valence-corrected chi connectivity index (χ0v) is 8.95. The number of anilines is 1. The molecular formula is C8H10BrN3O2. The van der Waals surface area contributed by atoms with Gasteiger partial charge in [0.2, 0.25) is 0 Å². The van der Waals surface area contributed by atoms with Crippen molar-refractivity contribution in [2.45, 2.75) is 0 Å². The minimum absolute atomic E-state index is 0.240. The maximum atomic E-state index is 10.2. The molecule has 0 radical (unpaired) electrons. The van der Waals surface area contributed by atoms with Crippen LogP contribution in [0.5, 0.6) is 0 Å². The van der Waals surface area contributed by atoms with Crippen LogP contribution in [0.1, 0.15) is 0 Å². The highest BCUT2D eigenvalue weighted by Crippen LogP contribution is 2.19. The third-order valence-corrected chi connectivity index (χ3v) is 2.07. The molecule has 14 heavy (non-hydrogen) atoms. The Balaban J connectivity index is 2.31. The monoisotopic (exact) mass is 259 g/mol. The quantitative estimate of drug-likeness (QED) is 0.801. The van der Waals surface area contributed by atoms with Crippen molar-refractivity contribution >= 4 is 27.7 Å². The van der Waals surface area contributed by atoms with Crippen LogP contribution in [0.25, 0.3) is 0 Å². The van der Waals surface area contributed by atoms with E-state index in [9.17, 15) is 4.79 Å². The van der Waals surface area contributed by atoms with E-state index in [1.54, 1.807) is 12.4 Å². The van der Waals surface area contributed by atoms with Crippen molar-refractivity contribution in [2.75, 3.05) is 18.5 Å². The van der Waals surface area contributed by atoms with Gasteiger partial charge in [-0.25, -0.2) is 4.79 Å². The fourth-order valence-electron chi connectivity index (χ4n) is 0.856. The van der Waals surface area contributed by atoms with Crippen LogP contribution in [0.3, 0.4) is 0 Å². The molecule has 1 amide bonds. The van der Waals surface area contributed by atoms with Crippen molar-refractivity contribution in [1.82, 2.24) is 4.98 Å². The average Bonchev–Trinajstić information content (AvgIpc) is 2.15. The van der Waals surface area contributed by atoms with Gasteiger partial charge in [-0.1, -0.05) is 0 Å². The van der Waals surface area contributed by atoms with Crippen LogP contribution < -0.4 is 11.1 Å². The van der Waals surface area contributed by atoms with Gasteiger partial charge >= 0.3 is 6.09 Å². The van der Waals surface area contributed by atoms with Crippen molar-refractivity contribution in [3.05, 3.63) is 22.9 Å². The van der Waals surface area contributed by atoms with Crippen molar-refractivity contribution in [1.29, 1.82) is 0 Å². The molecule has 0 atom stereocenters. The summed E-state index contributed by atoms with van der Waals surface area (Å²) >= 11 is 3.32. The van der Waals surface area contributed by atoms with Crippen LogP contribution in [-0.4, -0.2) is 24.2 Å². The first-order chi connectivity index (χ1) is 6.70. The highest BCUT2D eigenvalue weighted by molar-refractivity contribution is 9.10. The van der Waals surface area contributed by atoms with Gasteiger partial charge in [-0.3, -0.25) is 4.98 Å². The molecule has 5 nitrogen and oxygen atoms in total. The lowest BCUT2D eigenvalue weighted by molar-refractivity contribution is 0.161. The standard InChI is InChI=1S/C8H10BrN3O2/c9-6-5-11-2-1-7(6)12-3-4-14-8(10)13/h1-2,5H,3-4H2,(H2,10,13)(H,11,12). The molecule has 3 N–H and O–H groups in total. The third-order valence-electron chi connectivity index (χ3n) is 1.43. The van der Waals surface area contributed by atoms with Crippen LogP contribution in [0.15, 0.2) is 22.9 Å². The predicted molar refractivity (Wildman–Crippen MR) is 56.0 cm³/mol. The van der Waals surface area contributed by atoms with E-state index in [0.29, 0.717) is 6.54 Å². The molecule has 0 spiro atoms. The summed E-state index contributed by atoms with van der Waals surface area (Å²) in [6.45, 7) is 0.746. The summed E-state index contributed by atoms with van der Waals surface area (Å²) in [5, 5.41) is 3.05. The Hall–Kier alpha value is -1.30. The highest BCUT2D eigenvalue weighted by atomic mass is 79.9. The number of carbonyl (C=O) groups excluding carboxylic acids is 1. The van der Waals surface area contributed by atoms with Gasteiger partial charge in [0.05, 0.1) is 10.2 Å². The maximum absolute atomic E-state index is 10.2. The number of hydrogen-bond donors (Lipinski definition) is 2. The van der Waals surface area contributed by atoms with E-state index in [1.165, 1.54) is 0 Å². The van der Waals surface area contributed by atoms with E-state index in [-0.39, 0.29) is 6.61 Å². The number of primary amides is 1. The summed E-state index contributed by atoms with van der Waals surface area (Å²) in [6.07, 6.45) is 2.58. The van der Waals surface area contributed by atoms with Crippen molar-refractivity contribution in [3.63, 3.8) is 0 Å². The number of nitrogens with zero attached hydrogens (tertiary/aromatic N) is 1. The average molecular weight is 260 g/mol. The van der Waals surface area contributed by atoms with E-state index in [4.69, 9.17) is 5.73 Å². The zero-order valence-electron chi connectivity index (χ0n) is 7.37. The molecule has 0 aliphatic rings. The Morgan fingerprint density at radius 1 is 1.71 bits per heavy atom. The smallest absolute Gasteiger partial charge is 0.404 e. The van der Waals surface area contributed by atoms with E-state index >= 15 is 0 Å². The van der Waals surface area contributed by atoms with E-state index in [1.807, 2.05) is 6.07 Å². The second-order valence-electron chi connectivity index (χ2n) is 2.45. The minimum atomic E-state index is -0.763. The molecule has 1 aromatic heterocycles. The van der Waals surface area contributed by atoms with E-state index < -0.39 is 6.09 Å². The lowest BCUT2D eigenvalue weighted by Gasteiger charge is -2.07. The zero-order chi connectivity index (χ0) is 10.4. The summed E-state index contributed by atoms with van der Waals surface area (Å²) < 4.78 is 5.41. The molecule has 0 fully saturated rings. The summed E-state index contributed by atoms with van der Waals surface area (Å²) in [4.78, 5) is 14.1. The van der Waals surface area contributed by atoms with Gasteiger partial charge in [-0.15, -0.1) is 0 Å². The number of amides is 1. The number of hydrogen-bond acceptors (Lipinski definition) is 4. The molecule has 0 bridgehead atoms. The second-order valence-corrected chi connectivity index (χ2v) is 3.30. The molecule has 0 unspecified atom stereocenters. The molecule has 76 valence electrons. The summed E-state index contributed by atoms with van der Waals surface area (Å²) in [6, 6.07) is 1.81. The molecule has 1 aromatic rings. The molecule has 0 aromatic carbocycles. The molecule has 0 saturated heterocycles. The highest BCUT2D eigenvalue weighted by Gasteiger charge is 1.98. The number of rotatable bonds is 4. The summed E-state index contributed by atoms with van der Waals surface area (Å²) in [5.74, 6) is 0. The second kappa shape index (κ2) is 5.43. The first-order valence-corrected chi connectivity index (χ1v) is 4.75. The Morgan fingerprint density at radius 2 is 2.50 bits per heavy atom. The Labute approximate surface area is 89.8 Å². The van der Waals surface area contributed by atoms with Crippen molar-refractivity contribution in [2.24, 2.45) is 5.73 Å². The Morgan fingerprint density at radius 3 is 3.14 bits per heavy atom. The predicted octanol–water partition coefficient (Wildman–Crippen LogP) is 1.35. The number of pyridine rings is 1. The number of ether oxygens (including phenoxy) is 1. The molecule has 1 rings (SSSR count). The van der Waals surface area contributed by atoms with Crippen molar-refractivity contribution < 1.29 is 9.53 Å². The van der Waals surface area contributed by atoms with Gasteiger partial charge in [0.15, 0.2) is 0 Å². The van der Waals surface area contributed by atoms with Crippen LogP contribution in [-0.2, 0) is 4.74 Å². The molecule has 0 saturated carbocycles. The van der Waals surface area contributed by atoms with Gasteiger partial charge in [0, 0.05) is 18.9 Å². The lowest BCUT2D eigenvalue weighted by atomic mass is 10.4. The normalized spacial score (nSPS) is 9.50. The van der Waals surface area contributed by atoms with Gasteiger partial charge < -0.3 is 15.8 Å². The first-order valence-electron chi connectivity index (χ1n) is 3.96. The topological polar surface area (TPSA) is 77.2 Å². The molecule has 0 aliphatic carbocycles. The number of halogens is 1. The number of nitrogens with one attached hydrogen (secondary N) is 1. The van der Waals surface area contributed by atoms with Gasteiger partial charge in [-0.2, -0.15) is 0 Å². The van der Waals surface area contributed by atoms with Crippen LogP contribution >= 0.6 is 15.9 Å². The Bertz CT molecular complexity index is 319. The van der Waals surface area contributed by atoms with Crippen molar-refractivity contribution in [3.8, 4) is 0 Å². The van der Waals surface area contributed by atoms with Crippen LogP contribution in [0.4, 0.5) is 10.5 Å². The van der Waals surface area contributed by atoms with Gasteiger partial charge in [0.1, 0.15) is 6.61 Å². The molecule has 0 aliphatic heterocycles. The number of carbonyl (C=O) groups is 1. The molecule has 1 heterocycles. The molecular weight excluding hydrogens is 250 g/mol. The van der Waals surface area contributed by atoms with E-state index in [2.05, 4.69) is 31.0 Å². The SMILES string of the molecule is NC(=O)OCCNc1ccncc1Br. The van der Waals surface area contributed by atoms with Crippen LogP contribution in [0.2, 0.25) is 0 Å². The van der Waals surface area contributed by atoms with Gasteiger partial charge in [-0.05, 0) is 22.0 Å². The summed E-state index contributed by atoms with van der Waals surface area (Å²) in [7, 11) is 0. The number of nitrogens with two attached hydrogens (primary N) is 1. The van der Waals surface area contributed by atoms with Crippen LogP contribution in [0, 0.1) is 0 Å². The fraction of sp³-hybridized carbons (Fsp3) is 0.250. The lowest BCUT2D eigenvalue weighted by Crippen LogP contribution is -2.18. The first kappa shape index (κ1) is 10.8. The van der Waals surface area contributed by atoms with Gasteiger partial charge in [0.25, 0.3) is 0 Å².